The van der Waals surface area contributed by atoms with E-state index in [1.165, 1.54) is 24.3 Å². The van der Waals surface area contributed by atoms with Crippen molar-refractivity contribution in [1.29, 1.82) is 0 Å². The van der Waals surface area contributed by atoms with Crippen LogP contribution in [0.15, 0.2) is 106 Å². The Morgan fingerprint density at radius 2 is 1.05 bits per heavy atom. The quantitative estimate of drug-likeness (QED) is 0.123. The summed E-state index contributed by atoms with van der Waals surface area (Å²) in [6.07, 6.45) is 0. The van der Waals surface area contributed by atoms with Crippen molar-refractivity contribution in [3.63, 3.8) is 0 Å². The summed E-state index contributed by atoms with van der Waals surface area (Å²) in [4.78, 5) is 19.9. The molecule has 0 radical (unpaired) electrons. The molecule has 0 unspecified atom stereocenters. The Bertz CT molecular complexity index is 1250. The average Bonchev–Trinajstić information content (AvgIpc) is 2.91. The van der Waals surface area contributed by atoms with Gasteiger partial charge in [0.2, 0.25) is 0 Å². The van der Waals surface area contributed by atoms with E-state index in [1.54, 1.807) is 48.5 Å². The van der Waals surface area contributed by atoms with Crippen molar-refractivity contribution in [2.75, 3.05) is 0 Å². The van der Waals surface area contributed by atoms with Gasteiger partial charge < -0.3 is 9.84 Å². The molecule has 0 saturated carbocycles. The molecule has 8 nitrogen and oxygen atoms in total. The van der Waals surface area contributed by atoms with Gasteiger partial charge in [0.05, 0.1) is 9.85 Å². The summed E-state index contributed by atoms with van der Waals surface area (Å²) in [5.41, 5.74) is 2.15. The SMILES string of the molecule is O=[N+]([O-])c1ccc(CBr)cc1.O=[N+]([O-])c1ccc(COc2ccc(Br)cc2)cc1.Oc1ccc(Br)cc1. The number of benzene rings is 4. The highest BCUT2D eigenvalue weighted by atomic mass is 79.9. The second kappa shape index (κ2) is 15.7. The topological polar surface area (TPSA) is 116 Å². The number of aromatic hydroxyl groups is 1. The normalized spacial score (nSPS) is 9.70. The minimum atomic E-state index is -0.417. The number of hydrogen-bond donors (Lipinski definition) is 1. The lowest BCUT2D eigenvalue weighted by Gasteiger charge is -2.06. The van der Waals surface area contributed by atoms with Gasteiger partial charge in [-0.2, -0.15) is 0 Å². The van der Waals surface area contributed by atoms with E-state index in [-0.39, 0.29) is 11.4 Å². The van der Waals surface area contributed by atoms with Crippen molar-refractivity contribution in [2.24, 2.45) is 0 Å². The highest BCUT2D eigenvalue weighted by Gasteiger charge is 2.04. The van der Waals surface area contributed by atoms with Crippen LogP contribution < -0.4 is 4.74 Å². The molecule has 0 fully saturated rings. The molecule has 192 valence electrons. The molecule has 0 bridgehead atoms. The van der Waals surface area contributed by atoms with E-state index < -0.39 is 9.85 Å². The fourth-order valence-electron chi connectivity index (χ4n) is 2.56. The van der Waals surface area contributed by atoms with Crippen LogP contribution in [-0.4, -0.2) is 15.0 Å². The molecule has 4 aromatic rings. The monoisotopic (exact) mass is 694 g/mol. The van der Waals surface area contributed by atoms with Crippen LogP contribution in [0.1, 0.15) is 11.1 Å². The largest absolute Gasteiger partial charge is 0.508 e. The molecule has 0 saturated heterocycles. The zero-order valence-corrected chi connectivity index (χ0v) is 23.9. The van der Waals surface area contributed by atoms with Crippen LogP contribution in [0, 0.1) is 20.2 Å². The summed E-state index contributed by atoms with van der Waals surface area (Å²) in [5.74, 6) is 1.06. The van der Waals surface area contributed by atoms with Gasteiger partial charge in [-0.05, 0) is 71.8 Å². The fourth-order valence-corrected chi connectivity index (χ4v) is 3.46. The van der Waals surface area contributed by atoms with Gasteiger partial charge in [0.15, 0.2) is 0 Å². The molecule has 4 aromatic carbocycles. The van der Waals surface area contributed by atoms with Gasteiger partial charge in [-0.1, -0.05) is 59.9 Å². The summed E-state index contributed by atoms with van der Waals surface area (Å²) in [5, 5.41) is 30.2. The van der Waals surface area contributed by atoms with E-state index in [0.29, 0.717) is 12.4 Å². The molecule has 0 spiro atoms. The number of alkyl halides is 1. The van der Waals surface area contributed by atoms with Crippen LogP contribution >= 0.6 is 47.8 Å². The van der Waals surface area contributed by atoms with Crippen LogP contribution in [0.3, 0.4) is 0 Å². The highest BCUT2D eigenvalue weighted by Crippen LogP contribution is 2.19. The summed E-state index contributed by atoms with van der Waals surface area (Å²) in [6, 6.07) is 27.1. The molecular formula is C26H21Br3N2O6. The number of nitro benzene ring substituents is 2. The number of rotatable bonds is 6. The minimum Gasteiger partial charge on any atom is -0.508 e. The predicted molar refractivity (Wildman–Crippen MR) is 153 cm³/mol. The highest BCUT2D eigenvalue weighted by molar-refractivity contribution is 9.10. The second-order valence-corrected chi connectivity index (χ2v) is 9.59. The molecule has 1 N–H and O–H groups in total. The lowest BCUT2D eigenvalue weighted by Crippen LogP contribution is -1.95. The minimum absolute atomic E-state index is 0.0855. The number of halogens is 3. The van der Waals surface area contributed by atoms with Crippen LogP contribution in [0.25, 0.3) is 0 Å². The number of phenolic OH excluding ortho intramolecular Hbond substituents is 1. The van der Waals surface area contributed by atoms with E-state index in [2.05, 4.69) is 47.8 Å². The van der Waals surface area contributed by atoms with Crippen molar-refractivity contribution < 1.29 is 19.7 Å². The Kier molecular flexibility index (Phi) is 12.7. The first-order valence-corrected chi connectivity index (χ1v) is 13.2. The first-order valence-electron chi connectivity index (χ1n) is 10.5. The molecule has 11 heteroatoms. The third kappa shape index (κ3) is 11.5. The number of hydrogen-bond acceptors (Lipinski definition) is 6. The maximum absolute atomic E-state index is 10.5. The third-order valence-corrected chi connectivity index (χ3v) is 6.20. The molecule has 0 aliphatic carbocycles. The molecule has 37 heavy (non-hydrogen) atoms. The summed E-state index contributed by atoms with van der Waals surface area (Å²) >= 11 is 9.83. The standard InChI is InChI=1S/C13H10BrNO3.C7H6BrNO2.C6H5BrO/c14-11-3-7-13(8-4-11)18-9-10-1-5-12(6-2-10)15(16)17;8-5-6-1-3-7(4-2-6)9(10)11;7-5-1-3-6(8)4-2-5/h1-8H,9H2;1-4H,5H2;1-4,8H. The summed E-state index contributed by atoms with van der Waals surface area (Å²) in [7, 11) is 0. The Hall–Kier alpha value is -3.28. The van der Waals surface area contributed by atoms with E-state index in [9.17, 15) is 20.2 Å². The van der Waals surface area contributed by atoms with Crippen LogP contribution in [0.5, 0.6) is 11.5 Å². The maximum atomic E-state index is 10.5. The van der Waals surface area contributed by atoms with Crippen LogP contribution in [0.4, 0.5) is 11.4 Å². The third-order valence-electron chi connectivity index (χ3n) is 4.49. The Morgan fingerprint density at radius 1 is 0.649 bits per heavy atom. The zero-order chi connectivity index (χ0) is 27.2. The molecule has 0 heterocycles. The number of ether oxygens (including phenoxy) is 1. The summed E-state index contributed by atoms with van der Waals surface area (Å²) in [6.45, 7) is 0.389. The predicted octanol–water partition coefficient (Wildman–Crippen LogP) is 8.58. The molecule has 0 amide bonds. The van der Waals surface area contributed by atoms with Gasteiger partial charge in [0.1, 0.15) is 18.1 Å². The van der Waals surface area contributed by atoms with Crippen molar-refractivity contribution in [3.8, 4) is 11.5 Å². The van der Waals surface area contributed by atoms with E-state index in [1.807, 2.05) is 24.3 Å². The first-order chi connectivity index (χ1) is 17.7. The van der Waals surface area contributed by atoms with Gasteiger partial charge in [-0.15, -0.1) is 0 Å². The van der Waals surface area contributed by atoms with Crippen molar-refractivity contribution >= 4 is 59.2 Å². The van der Waals surface area contributed by atoms with Crippen molar-refractivity contribution in [1.82, 2.24) is 0 Å². The molecule has 0 aliphatic heterocycles. The average molecular weight is 697 g/mol. The zero-order valence-electron chi connectivity index (χ0n) is 19.2. The lowest BCUT2D eigenvalue weighted by atomic mass is 10.2. The maximum Gasteiger partial charge on any atom is 0.269 e. The second-order valence-electron chi connectivity index (χ2n) is 7.20. The van der Waals surface area contributed by atoms with Gasteiger partial charge in [-0.25, -0.2) is 0 Å². The van der Waals surface area contributed by atoms with Gasteiger partial charge in [-0.3, -0.25) is 20.2 Å². The first kappa shape index (κ1) is 29.9. The Morgan fingerprint density at radius 3 is 1.43 bits per heavy atom. The number of phenols is 1. The smallest absolute Gasteiger partial charge is 0.269 e. The van der Waals surface area contributed by atoms with E-state index in [4.69, 9.17) is 9.84 Å². The van der Waals surface area contributed by atoms with Crippen LogP contribution in [-0.2, 0) is 11.9 Å². The van der Waals surface area contributed by atoms with Gasteiger partial charge >= 0.3 is 0 Å². The molecule has 0 atom stereocenters. The molecule has 0 aliphatic rings. The Balaban J connectivity index is 0.000000215. The number of non-ortho nitro benzene ring substituents is 2. The summed E-state index contributed by atoms with van der Waals surface area (Å²) < 4.78 is 7.53. The molecular weight excluding hydrogens is 676 g/mol. The lowest BCUT2D eigenvalue weighted by molar-refractivity contribution is -0.385. The van der Waals surface area contributed by atoms with Crippen LogP contribution in [0.2, 0.25) is 0 Å². The van der Waals surface area contributed by atoms with E-state index >= 15 is 0 Å². The number of nitrogens with zero attached hydrogens (tertiary/aromatic N) is 2. The van der Waals surface area contributed by atoms with Gasteiger partial charge in [0.25, 0.3) is 11.4 Å². The molecule has 0 aromatic heterocycles. The fraction of sp³-hybridized carbons (Fsp3) is 0.0769. The Labute approximate surface area is 238 Å². The van der Waals surface area contributed by atoms with E-state index in [0.717, 1.165) is 31.2 Å². The van der Waals surface area contributed by atoms with Crippen molar-refractivity contribution in [3.05, 3.63) is 137 Å². The van der Waals surface area contributed by atoms with Crippen molar-refractivity contribution in [2.45, 2.75) is 11.9 Å². The van der Waals surface area contributed by atoms with Gasteiger partial charge in [0, 0.05) is 38.5 Å². The number of nitro groups is 2. The molecule has 4 rings (SSSR count).